The summed E-state index contributed by atoms with van der Waals surface area (Å²) in [5.74, 6) is 0. The average Bonchev–Trinajstić information content (AvgIpc) is 3.37. The number of rotatable bonds is 4. The molecule has 1 aromatic carbocycles. The highest BCUT2D eigenvalue weighted by Crippen LogP contribution is 2.32. The molecule has 2 aliphatic heterocycles. The Morgan fingerprint density at radius 3 is 2.92 bits per heavy atom. The fourth-order valence-corrected chi connectivity index (χ4v) is 3.75. The van der Waals surface area contributed by atoms with Crippen LogP contribution in [0.4, 0.5) is 10.5 Å². The van der Waals surface area contributed by atoms with Gasteiger partial charge >= 0.3 is 6.03 Å². The molecule has 6 heteroatoms. The average molecular weight is 340 g/mol. The summed E-state index contributed by atoms with van der Waals surface area (Å²) < 4.78 is 7.49. The highest BCUT2D eigenvalue weighted by molar-refractivity contribution is 5.89. The quantitative estimate of drug-likeness (QED) is 0.927. The zero-order valence-electron chi connectivity index (χ0n) is 14.3. The minimum atomic E-state index is -0.0528. The summed E-state index contributed by atoms with van der Waals surface area (Å²) in [5, 5.41) is 7.33. The van der Waals surface area contributed by atoms with Gasteiger partial charge in [-0.2, -0.15) is 5.10 Å². The third-order valence-corrected chi connectivity index (χ3v) is 5.00. The maximum absolute atomic E-state index is 12.7. The first-order chi connectivity index (χ1) is 12.3. The van der Waals surface area contributed by atoms with Gasteiger partial charge in [-0.25, -0.2) is 4.79 Å². The molecule has 6 nitrogen and oxygen atoms in total. The molecular weight excluding hydrogens is 316 g/mol. The van der Waals surface area contributed by atoms with Crippen molar-refractivity contribution in [1.82, 2.24) is 14.7 Å². The third kappa shape index (κ3) is 3.69. The van der Waals surface area contributed by atoms with E-state index in [2.05, 4.69) is 22.5 Å². The van der Waals surface area contributed by atoms with Crippen molar-refractivity contribution in [3.63, 3.8) is 0 Å². The second kappa shape index (κ2) is 7.27. The number of nitrogens with one attached hydrogen (secondary N) is 1. The van der Waals surface area contributed by atoms with Gasteiger partial charge in [-0.1, -0.05) is 30.3 Å². The molecule has 2 aromatic rings. The molecule has 2 unspecified atom stereocenters. The van der Waals surface area contributed by atoms with Gasteiger partial charge in [0, 0.05) is 19.3 Å². The van der Waals surface area contributed by atoms with Gasteiger partial charge in [0.2, 0.25) is 0 Å². The maximum atomic E-state index is 12.7. The third-order valence-electron chi connectivity index (χ3n) is 5.00. The first-order valence-corrected chi connectivity index (χ1v) is 9.06. The molecule has 0 saturated carbocycles. The van der Waals surface area contributed by atoms with E-state index in [-0.39, 0.29) is 18.2 Å². The van der Waals surface area contributed by atoms with Crippen LogP contribution in [0.25, 0.3) is 0 Å². The van der Waals surface area contributed by atoms with E-state index in [0.717, 1.165) is 51.1 Å². The molecular formula is C19H24N4O2. The van der Waals surface area contributed by atoms with Gasteiger partial charge in [-0.05, 0) is 31.2 Å². The van der Waals surface area contributed by atoms with Gasteiger partial charge in [-0.15, -0.1) is 0 Å². The number of amides is 2. The lowest BCUT2D eigenvalue weighted by atomic mass is 10.1. The van der Waals surface area contributed by atoms with Crippen molar-refractivity contribution in [2.24, 2.45) is 0 Å². The normalized spacial score (nSPS) is 23.1. The number of hydrogen-bond acceptors (Lipinski definition) is 3. The SMILES string of the molecule is O=C(Nc1cnn(CC2CCCO2)c1)N1CCCC1c1ccccc1. The molecule has 1 aromatic heterocycles. The van der Waals surface area contributed by atoms with Gasteiger partial charge in [0.25, 0.3) is 0 Å². The number of nitrogens with zero attached hydrogens (tertiary/aromatic N) is 3. The summed E-state index contributed by atoms with van der Waals surface area (Å²) in [7, 11) is 0. The Morgan fingerprint density at radius 1 is 1.24 bits per heavy atom. The zero-order chi connectivity index (χ0) is 17.1. The molecule has 0 aliphatic carbocycles. The summed E-state index contributed by atoms with van der Waals surface area (Å²) in [4.78, 5) is 14.6. The number of benzene rings is 1. The fourth-order valence-electron chi connectivity index (χ4n) is 3.75. The molecule has 0 radical (unpaired) electrons. The van der Waals surface area contributed by atoms with Crippen molar-refractivity contribution < 1.29 is 9.53 Å². The van der Waals surface area contributed by atoms with Crippen LogP contribution in [-0.2, 0) is 11.3 Å². The molecule has 2 atom stereocenters. The van der Waals surface area contributed by atoms with Gasteiger partial charge in [0.15, 0.2) is 0 Å². The summed E-state index contributed by atoms with van der Waals surface area (Å²) in [6.07, 6.45) is 8.07. The van der Waals surface area contributed by atoms with Crippen LogP contribution in [0, 0.1) is 0 Å². The number of likely N-dealkylation sites (tertiary alicyclic amines) is 1. The Morgan fingerprint density at radius 2 is 2.12 bits per heavy atom. The molecule has 132 valence electrons. The second-order valence-corrected chi connectivity index (χ2v) is 6.78. The van der Waals surface area contributed by atoms with E-state index in [1.54, 1.807) is 6.20 Å². The largest absolute Gasteiger partial charge is 0.376 e. The van der Waals surface area contributed by atoms with Crippen molar-refractivity contribution in [3.8, 4) is 0 Å². The molecule has 3 heterocycles. The Hall–Kier alpha value is -2.34. The first-order valence-electron chi connectivity index (χ1n) is 9.06. The predicted molar refractivity (Wildman–Crippen MR) is 95.3 cm³/mol. The highest BCUT2D eigenvalue weighted by Gasteiger charge is 2.30. The van der Waals surface area contributed by atoms with Crippen LogP contribution in [0.15, 0.2) is 42.7 Å². The molecule has 0 bridgehead atoms. The molecule has 2 fully saturated rings. The van der Waals surface area contributed by atoms with E-state index >= 15 is 0 Å². The van der Waals surface area contributed by atoms with E-state index < -0.39 is 0 Å². The molecule has 25 heavy (non-hydrogen) atoms. The minimum Gasteiger partial charge on any atom is -0.376 e. The summed E-state index contributed by atoms with van der Waals surface area (Å²) in [6, 6.07) is 10.3. The predicted octanol–water partition coefficient (Wildman–Crippen LogP) is 3.43. The monoisotopic (exact) mass is 340 g/mol. The van der Waals surface area contributed by atoms with E-state index in [9.17, 15) is 4.79 Å². The minimum absolute atomic E-state index is 0.0528. The van der Waals surface area contributed by atoms with Crippen molar-refractivity contribution >= 4 is 11.7 Å². The first kappa shape index (κ1) is 16.1. The number of anilines is 1. The number of urea groups is 1. The topological polar surface area (TPSA) is 59.4 Å². The Labute approximate surface area is 147 Å². The number of aromatic nitrogens is 2. The molecule has 1 N–H and O–H groups in total. The van der Waals surface area contributed by atoms with Crippen molar-refractivity contribution in [3.05, 3.63) is 48.3 Å². The van der Waals surface area contributed by atoms with Crippen LogP contribution in [-0.4, -0.2) is 40.0 Å². The summed E-state index contributed by atoms with van der Waals surface area (Å²) in [6.45, 7) is 2.37. The zero-order valence-corrected chi connectivity index (χ0v) is 14.3. The Bertz CT molecular complexity index is 709. The van der Waals surface area contributed by atoms with Crippen LogP contribution in [0.2, 0.25) is 0 Å². The fraction of sp³-hybridized carbons (Fsp3) is 0.474. The Balaban J connectivity index is 1.39. The standard InChI is InChI=1S/C19H24N4O2/c24-19(23-10-4-9-18(23)15-6-2-1-3-7-15)21-16-12-20-22(13-16)14-17-8-5-11-25-17/h1-3,6-7,12-13,17-18H,4-5,8-11,14H2,(H,21,24). The van der Waals surface area contributed by atoms with Crippen molar-refractivity contribution in [2.45, 2.75) is 44.4 Å². The smallest absolute Gasteiger partial charge is 0.322 e. The molecule has 4 rings (SSSR count). The molecule has 2 aliphatic rings. The summed E-state index contributed by atoms with van der Waals surface area (Å²) in [5.41, 5.74) is 1.94. The van der Waals surface area contributed by atoms with Crippen LogP contribution in [0.5, 0.6) is 0 Å². The number of carbonyl (C=O) groups is 1. The lowest BCUT2D eigenvalue weighted by molar-refractivity contribution is 0.0940. The molecule has 0 spiro atoms. The number of carbonyl (C=O) groups excluding carboxylic acids is 1. The van der Waals surface area contributed by atoms with Gasteiger partial charge in [-0.3, -0.25) is 4.68 Å². The van der Waals surface area contributed by atoms with E-state index in [4.69, 9.17) is 4.74 Å². The van der Waals surface area contributed by atoms with E-state index in [0.29, 0.717) is 0 Å². The number of ether oxygens (including phenoxy) is 1. The molecule has 2 saturated heterocycles. The van der Waals surface area contributed by atoms with Gasteiger partial charge in [0.05, 0.1) is 30.6 Å². The van der Waals surface area contributed by atoms with Crippen molar-refractivity contribution in [1.29, 1.82) is 0 Å². The van der Waals surface area contributed by atoms with Crippen LogP contribution >= 0.6 is 0 Å². The van der Waals surface area contributed by atoms with Gasteiger partial charge < -0.3 is 15.0 Å². The van der Waals surface area contributed by atoms with Crippen molar-refractivity contribution in [2.75, 3.05) is 18.5 Å². The lowest BCUT2D eigenvalue weighted by Crippen LogP contribution is -2.34. The van der Waals surface area contributed by atoms with Crippen LogP contribution in [0.1, 0.15) is 37.3 Å². The summed E-state index contributed by atoms with van der Waals surface area (Å²) >= 11 is 0. The highest BCUT2D eigenvalue weighted by atomic mass is 16.5. The van der Waals surface area contributed by atoms with E-state index in [1.807, 2.05) is 34.0 Å². The maximum Gasteiger partial charge on any atom is 0.322 e. The van der Waals surface area contributed by atoms with Crippen LogP contribution in [0.3, 0.4) is 0 Å². The van der Waals surface area contributed by atoms with Crippen LogP contribution < -0.4 is 5.32 Å². The van der Waals surface area contributed by atoms with E-state index in [1.165, 1.54) is 5.56 Å². The number of hydrogen-bond donors (Lipinski definition) is 1. The second-order valence-electron chi connectivity index (χ2n) is 6.78. The molecule has 2 amide bonds. The Kier molecular flexibility index (Phi) is 4.70. The van der Waals surface area contributed by atoms with Gasteiger partial charge in [0.1, 0.15) is 0 Å². The lowest BCUT2D eigenvalue weighted by Gasteiger charge is -2.25.